The Morgan fingerprint density at radius 1 is 1.15 bits per heavy atom. The van der Waals surface area contributed by atoms with E-state index in [0.717, 1.165) is 12.1 Å². The predicted molar refractivity (Wildman–Crippen MR) is 69.2 cm³/mol. The van der Waals surface area contributed by atoms with E-state index >= 15 is 0 Å². The van der Waals surface area contributed by atoms with Gasteiger partial charge in [-0.3, -0.25) is 4.79 Å². The third-order valence-electron chi connectivity index (χ3n) is 2.64. The van der Waals surface area contributed by atoms with Gasteiger partial charge in [0, 0.05) is 11.6 Å². The molecule has 0 amide bonds. The quantitative estimate of drug-likeness (QED) is 0.788. The van der Waals surface area contributed by atoms with Gasteiger partial charge in [0.1, 0.15) is 11.6 Å². The second kappa shape index (κ2) is 6.14. The fourth-order valence-corrected chi connectivity index (χ4v) is 1.62. The van der Waals surface area contributed by atoms with Gasteiger partial charge in [0.05, 0.1) is 7.11 Å². The van der Waals surface area contributed by atoms with Crippen molar-refractivity contribution in [2.75, 3.05) is 13.7 Å². The molecule has 0 spiro atoms. The second-order valence-electron chi connectivity index (χ2n) is 4.02. The molecule has 0 aliphatic heterocycles. The Morgan fingerprint density at radius 3 is 2.65 bits per heavy atom. The van der Waals surface area contributed by atoms with E-state index < -0.39 is 11.6 Å². The zero-order valence-corrected chi connectivity index (χ0v) is 10.7. The highest BCUT2D eigenvalue weighted by Gasteiger charge is 2.10. The monoisotopic (exact) mass is 278 g/mol. The van der Waals surface area contributed by atoms with Crippen LogP contribution < -0.4 is 9.47 Å². The first-order valence-electron chi connectivity index (χ1n) is 5.85. The lowest BCUT2D eigenvalue weighted by Gasteiger charge is -2.07. The summed E-state index contributed by atoms with van der Waals surface area (Å²) in [5, 5.41) is 0. The number of carbonyl (C=O) groups excluding carboxylic acids is 1. The number of Topliss-reactive ketones (excluding diaryl/α,β-unsaturated/α-hetero) is 1. The summed E-state index contributed by atoms with van der Waals surface area (Å²) in [6.07, 6.45) is 0. The van der Waals surface area contributed by atoms with Crippen molar-refractivity contribution in [2.45, 2.75) is 0 Å². The first-order chi connectivity index (χ1) is 9.60. The summed E-state index contributed by atoms with van der Waals surface area (Å²) in [5.74, 6) is -1.49. The van der Waals surface area contributed by atoms with Crippen molar-refractivity contribution >= 4 is 5.78 Å². The molecule has 2 aromatic carbocycles. The van der Waals surface area contributed by atoms with Gasteiger partial charge >= 0.3 is 0 Å². The Bertz CT molecular complexity index is 626. The zero-order valence-electron chi connectivity index (χ0n) is 10.7. The number of methoxy groups -OCH3 is 1. The molecule has 0 aromatic heterocycles. The van der Waals surface area contributed by atoms with Gasteiger partial charge in [-0.15, -0.1) is 0 Å². The number of halogens is 2. The summed E-state index contributed by atoms with van der Waals surface area (Å²) in [6.45, 7) is -0.338. The van der Waals surface area contributed by atoms with E-state index in [1.807, 2.05) is 0 Å². The van der Waals surface area contributed by atoms with Crippen LogP contribution in [0.5, 0.6) is 11.5 Å². The highest BCUT2D eigenvalue weighted by atomic mass is 19.1. The van der Waals surface area contributed by atoms with Crippen molar-refractivity contribution in [1.82, 2.24) is 0 Å². The van der Waals surface area contributed by atoms with E-state index in [2.05, 4.69) is 0 Å². The molecule has 0 unspecified atom stereocenters. The second-order valence-corrected chi connectivity index (χ2v) is 4.02. The number of carbonyl (C=O) groups is 1. The van der Waals surface area contributed by atoms with Gasteiger partial charge in [0.15, 0.2) is 24.0 Å². The molecule has 0 fully saturated rings. The maximum Gasteiger partial charge on any atom is 0.200 e. The van der Waals surface area contributed by atoms with Crippen molar-refractivity contribution in [3.8, 4) is 11.5 Å². The van der Waals surface area contributed by atoms with Crippen molar-refractivity contribution in [2.24, 2.45) is 0 Å². The van der Waals surface area contributed by atoms with Crippen LogP contribution in [0.15, 0.2) is 42.5 Å². The van der Waals surface area contributed by atoms with Gasteiger partial charge in [-0.25, -0.2) is 8.78 Å². The molecular weight excluding hydrogens is 266 g/mol. The largest absolute Gasteiger partial charge is 0.497 e. The Hall–Kier alpha value is -2.43. The predicted octanol–water partition coefficient (Wildman–Crippen LogP) is 3.24. The Labute approximate surface area is 114 Å². The number of ether oxygens (including phenoxy) is 2. The lowest BCUT2D eigenvalue weighted by molar-refractivity contribution is 0.0918. The maximum atomic E-state index is 13.3. The van der Waals surface area contributed by atoms with E-state index in [0.29, 0.717) is 17.4 Å². The van der Waals surface area contributed by atoms with E-state index in [4.69, 9.17) is 9.47 Å². The molecule has 0 aliphatic carbocycles. The summed E-state index contributed by atoms with van der Waals surface area (Å²) in [5.41, 5.74) is 0.395. The van der Waals surface area contributed by atoms with E-state index in [1.165, 1.54) is 7.11 Å². The zero-order chi connectivity index (χ0) is 14.5. The summed E-state index contributed by atoms with van der Waals surface area (Å²) in [7, 11) is 1.49. The Balaban J connectivity index is 2.04. The summed E-state index contributed by atoms with van der Waals surface area (Å²) >= 11 is 0. The van der Waals surface area contributed by atoms with E-state index in [9.17, 15) is 13.6 Å². The van der Waals surface area contributed by atoms with Crippen molar-refractivity contribution in [3.05, 3.63) is 59.7 Å². The highest BCUT2D eigenvalue weighted by molar-refractivity contribution is 5.97. The van der Waals surface area contributed by atoms with Crippen LogP contribution in [0.3, 0.4) is 0 Å². The first-order valence-corrected chi connectivity index (χ1v) is 5.85. The summed E-state index contributed by atoms with van der Waals surface area (Å²) < 4.78 is 36.1. The van der Waals surface area contributed by atoms with Crippen molar-refractivity contribution < 1.29 is 23.0 Å². The lowest BCUT2D eigenvalue weighted by atomic mass is 10.1. The minimum atomic E-state index is -0.844. The number of hydrogen-bond acceptors (Lipinski definition) is 3. The van der Waals surface area contributed by atoms with Crippen LogP contribution in [-0.4, -0.2) is 19.5 Å². The molecule has 2 aromatic rings. The average molecular weight is 278 g/mol. The van der Waals surface area contributed by atoms with Crippen LogP contribution >= 0.6 is 0 Å². The van der Waals surface area contributed by atoms with E-state index in [1.54, 1.807) is 24.3 Å². The minimum absolute atomic E-state index is 0.164. The standard InChI is InChI=1S/C15H12F2O3/c1-19-12-4-2-3-10(7-12)14(18)9-20-15-6-5-11(16)8-13(15)17/h2-8H,9H2,1H3. The summed E-state index contributed by atoms with van der Waals surface area (Å²) in [4.78, 5) is 11.9. The molecule has 3 nitrogen and oxygen atoms in total. The van der Waals surface area contributed by atoms with Gasteiger partial charge in [-0.2, -0.15) is 0 Å². The molecule has 0 atom stereocenters. The summed E-state index contributed by atoms with van der Waals surface area (Å²) in [6, 6.07) is 9.45. The van der Waals surface area contributed by atoms with Gasteiger partial charge in [0.25, 0.3) is 0 Å². The Morgan fingerprint density at radius 2 is 1.95 bits per heavy atom. The van der Waals surface area contributed by atoms with Gasteiger partial charge < -0.3 is 9.47 Å². The molecule has 0 aliphatic rings. The molecule has 0 N–H and O–H groups in total. The number of ketones is 1. The third kappa shape index (κ3) is 3.32. The van der Waals surface area contributed by atoms with E-state index in [-0.39, 0.29) is 18.1 Å². The van der Waals surface area contributed by atoms with Gasteiger partial charge in [-0.05, 0) is 24.3 Å². The molecular formula is C15H12F2O3. The topological polar surface area (TPSA) is 35.5 Å². The maximum absolute atomic E-state index is 13.3. The molecule has 5 heteroatoms. The number of hydrogen-bond donors (Lipinski definition) is 0. The SMILES string of the molecule is COc1cccc(C(=O)COc2ccc(F)cc2F)c1. The van der Waals surface area contributed by atoms with Crippen LogP contribution in [0, 0.1) is 11.6 Å². The molecule has 2 rings (SSSR count). The van der Waals surface area contributed by atoms with Crippen LogP contribution in [0.25, 0.3) is 0 Å². The molecule has 0 saturated heterocycles. The number of benzene rings is 2. The fraction of sp³-hybridized carbons (Fsp3) is 0.133. The molecule has 104 valence electrons. The minimum Gasteiger partial charge on any atom is -0.497 e. The fourth-order valence-electron chi connectivity index (χ4n) is 1.62. The smallest absolute Gasteiger partial charge is 0.200 e. The molecule has 0 radical (unpaired) electrons. The van der Waals surface area contributed by atoms with Crippen LogP contribution in [0.2, 0.25) is 0 Å². The van der Waals surface area contributed by atoms with Gasteiger partial charge in [-0.1, -0.05) is 12.1 Å². The van der Waals surface area contributed by atoms with Crippen LogP contribution in [0.4, 0.5) is 8.78 Å². The van der Waals surface area contributed by atoms with Crippen molar-refractivity contribution in [1.29, 1.82) is 0 Å². The van der Waals surface area contributed by atoms with Crippen molar-refractivity contribution in [3.63, 3.8) is 0 Å². The lowest BCUT2D eigenvalue weighted by Crippen LogP contribution is -2.12. The third-order valence-corrected chi connectivity index (χ3v) is 2.64. The normalized spacial score (nSPS) is 10.2. The van der Waals surface area contributed by atoms with Crippen LogP contribution in [-0.2, 0) is 0 Å². The van der Waals surface area contributed by atoms with Crippen LogP contribution in [0.1, 0.15) is 10.4 Å². The Kier molecular flexibility index (Phi) is 4.30. The highest BCUT2D eigenvalue weighted by Crippen LogP contribution is 2.18. The number of rotatable bonds is 5. The molecule has 20 heavy (non-hydrogen) atoms. The average Bonchev–Trinajstić information content (AvgIpc) is 2.46. The molecule has 0 bridgehead atoms. The molecule has 0 saturated carbocycles. The molecule has 0 heterocycles. The van der Waals surface area contributed by atoms with Gasteiger partial charge in [0.2, 0.25) is 0 Å². The first kappa shape index (κ1) is 14.0.